The zero-order chi connectivity index (χ0) is 24.4. The molecule has 1 N–H and O–H groups in total. The SMILES string of the molecule is O=C1NC(=S)N(c2ccc(Oc3ccccc3)cc2)C(=O)/C1=C/c1cnn(-c2ccc(Br)cc2)c1. The first-order chi connectivity index (χ1) is 17.0. The number of aromatic nitrogens is 2. The molecule has 0 atom stereocenters. The van der Waals surface area contributed by atoms with Crippen LogP contribution in [0.4, 0.5) is 5.69 Å². The van der Waals surface area contributed by atoms with E-state index in [1.165, 1.54) is 11.0 Å². The summed E-state index contributed by atoms with van der Waals surface area (Å²) in [7, 11) is 0. The molecule has 172 valence electrons. The van der Waals surface area contributed by atoms with Crippen LogP contribution in [0, 0.1) is 0 Å². The minimum absolute atomic E-state index is 0.0134. The van der Waals surface area contributed by atoms with Crippen molar-refractivity contribution in [3.63, 3.8) is 0 Å². The van der Waals surface area contributed by atoms with Gasteiger partial charge in [-0.1, -0.05) is 34.1 Å². The second kappa shape index (κ2) is 9.65. The van der Waals surface area contributed by atoms with E-state index in [2.05, 4.69) is 26.3 Å². The maximum atomic E-state index is 13.3. The molecule has 0 saturated carbocycles. The molecule has 2 heterocycles. The van der Waals surface area contributed by atoms with Gasteiger partial charge < -0.3 is 4.74 Å². The number of para-hydroxylation sites is 1. The number of anilines is 1. The lowest BCUT2D eigenvalue weighted by atomic mass is 10.1. The maximum absolute atomic E-state index is 13.3. The molecular weight excluding hydrogens is 528 g/mol. The van der Waals surface area contributed by atoms with Crippen LogP contribution >= 0.6 is 28.1 Å². The molecule has 5 rings (SSSR count). The first-order valence-corrected chi connectivity index (χ1v) is 11.7. The summed E-state index contributed by atoms with van der Waals surface area (Å²) in [4.78, 5) is 27.2. The molecule has 1 saturated heterocycles. The predicted octanol–water partition coefficient (Wildman–Crippen LogP) is 5.26. The van der Waals surface area contributed by atoms with Crippen LogP contribution in [0.25, 0.3) is 11.8 Å². The number of nitrogens with zero attached hydrogens (tertiary/aromatic N) is 3. The van der Waals surface area contributed by atoms with Crippen molar-refractivity contribution in [3.8, 4) is 17.2 Å². The van der Waals surface area contributed by atoms with Crippen LogP contribution < -0.4 is 15.0 Å². The Kier molecular flexibility index (Phi) is 6.26. The largest absolute Gasteiger partial charge is 0.457 e. The number of halogens is 1. The Hall–Kier alpha value is -4.08. The Balaban J connectivity index is 1.38. The van der Waals surface area contributed by atoms with Crippen molar-refractivity contribution < 1.29 is 14.3 Å². The summed E-state index contributed by atoms with van der Waals surface area (Å²) < 4.78 is 8.43. The third kappa shape index (κ3) is 4.91. The van der Waals surface area contributed by atoms with Crippen molar-refractivity contribution in [2.24, 2.45) is 0 Å². The quantitative estimate of drug-likeness (QED) is 0.211. The van der Waals surface area contributed by atoms with E-state index < -0.39 is 11.8 Å². The molecule has 0 unspecified atom stereocenters. The van der Waals surface area contributed by atoms with Gasteiger partial charge in [-0.3, -0.25) is 19.8 Å². The van der Waals surface area contributed by atoms with Crippen LogP contribution in [0.1, 0.15) is 5.56 Å². The number of hydrogen-bond acceptors (Lipinski definition) is 5. The summed E-state index contributed by atoms with van der Waals surface area (Å²) in [6.07, 6.45) is 4.83. The molecule has 1 aliphatic rings. The highest BCUT2D eigenvalue weighted by molar-refractivity contribution is 9.10. The van der Waals surface area contributed by atoms with Crippen molar-refractivity contribution in [1.82, 2.24) is 15.1 Å². The fraction of sp³-hybridized carbons (Fsp3) is 0. The normalized spacial score (nSPS) is 14.8. The summed E-state index contributed by atoms with van der Waals surface area (Å²) in [6.45, 7) is 0. The molecule has 0 radical (unpaired) electrons. The van der Waals surface area contributed by atoms with E-state index in [4.69, 9.17) is 17.0 Å². The first-order valence-electron chi connectivity index (χ1n) is 10.5. The van der Waals surface area contributed by atoms with E-state index in [1.54, 1.807) is 41.3 Å². The average Bonchev–Trinajstić information content (AvgIpc) is 3.32. The zero-order valence-corrected chi connectivity index (χ0v) is 20.5. The summed E-state index contributed by atoms with van der Waals surface area (Å²) in [5.41, 5.74) is 1.92. The third-order valence-corrected chi connectivity index (χ3v) is 5.99. The van der Waals surface area contributed by atoms with Gasteiger partial charge in [-0.15, -0.1) is 0 Å². The number of thiocarbonyl (C=S) groups is 1. The van der Waals surface area contributed by atoms with Gasteiger partial charge in [0.25, 0.3) is 11.8 Å². The lowest BCUT2D eigenvalue weighted by Crippen LogP contribution is -2.54. The van der Waals surface area contributed by atoms with E-state index in [-0.39, 0.29) is 10.7 Å². The first kappa shape index (κ1) is 22.7. The Morgan fingerprint density at radius 1 is 0.886 bits per heavy atom. The van der Waals surface area contributed by atoms with Gasteiger partial charge in [0.05, 0.1) is 17.6 Å². The van der Waals surface area contributed by atoms with Gasteiger partial charge in [-0.25, -0.2) is 4.68 Å². The fourth-order valence-corrected chi connectivity index (χ4v) is 4.04. The van der Waals surface area contributed by atoms with Crippen molar-refractivity contribution in [1.29, 1.82) is 0 Å². The predicted molar refractivity (Wildman–Crippen MR) is 140 cm³/mol. The van der Waals surface area contributed by atoms with Crippen molar-refractivity contribution in [3.05, 3.63) is 107 Å². The van der Waals surface area contributed by atoms with Gasteiger partial charge in [0.1, 0.15) is 17.1 Å². The van der Waals surface area contributed by atoms with E-state index in [0.717, 1.165) is 10.2 Å². The molecule has 9 heteroatoms. The molecule has 0 aliphatic carbocycles. The van der Waals surface area contributed by atoms with Crippen LogP contribution in [0.2, 0.25) is 0 Å². The van der Waals surface area contributed by atoms with Gasteiger partial charge in [-0.05, 0) is 79.0 Å². The van der Waals surface area contributed by atoms with Crippen LogP contribution in [0.15, 0.2) is 101 Å². The summed E-state index contributed by atoms with van der Waals surface area (Å²) in [5.74, 6) is 0.227. The molecule has 1 aromatic heterocycles. The standard InChI is InChI=1S/C26H17BrN4O3S/c27-18-6-8-19(9-7-18)30-16-17(15-28-30)14-23-24(32)29-26(35)31(25(23)33)20-10-12-22(13-11-20)34-21-4-2-1-3-5-21/h1-16H,(H,29,32,35)/b23-14+. The highest BCUT2D eigenvalue weighted by Gasteiger charge is 2.34. The number of amides is 2. The number of benzene rings is 3. The summed E-state index contributed by atoms with van der Waals surface area (Å²) in [5, 5.41) is 6.94. The number of rotatable bonds is 5. The Morgan fingerprint density at radius 2 is 1.54 bits per heavy atom. The van der Waals surface area contributed by atoms with Gasteiger partial charge in [0.2, 0.25) is 0 Å². The number of carbonyl (C=O) groups is 2. The second-order valence-electron chi connectivity index (χ2n) is 7.56. The molecule has 35 heavy (non-hydrogen) atoms. The minimum Gasteiger partial charge on any atom is -0.457 e. The number of nitrogens with one attached hydrogen (secondary N) is 1. The van der Waals surface area contributed by atoms with E-state index in [9.17, 15) is 9.59 Å². The maximum Gasteiger partial charge on any atom is 0.270 e. The lowest BCUT2D eigenvalue weighted by Gasteiger charge is -2.28. The molecule has 1 aliphatic heterocycles. The third-order valence-electron chi connectivity index (χ3n) is 5.18. The lowest BCUT2D eigenvalue weighted by molar-refractivity contribution is -0.122. The second-order valence-corrected chi connectivity index (χ2v) is 8.86. The van der Waals surface area contributed by atoms with Crippen LogP contribution in [0.5, 0.6) is 11.5 Å². The molecule has 4 aromatic rings. The van der Waals surface area contributed by atoms with Crippen LogP contribution in [-0.2, 0) is 9.59 Å². The highest BCUT2D eigenvalue weighted by Crippen LogP contribution is 2.27. The smallest absolute Gasteiger partial charge is 0.270 e. The van der Waals surface area contributed by atoms with E-state index in [0.29, 0.717) is 22.7 Å². The minimum atomic E-state index is -0.559. The highest BCUT2D eigenvalue weighted by atomic mass is 79.9. The zero-order valence-electron chi connectivity index (χ0n) is 18.1. The van der Waals surface area contributed by atoms with Gasteiger partial charge >= 0.3 is 0 Å². The summed E-state index contributed by atoms with van der Waals surface area (Å²) >= 11 is 8.70. The van der Waals surface area contributed by atoms with Crippen molar-refractivity contribution >= 4 is 56.8 Å². The summed E-state index contributed by atoms with van der Waals surface area (Å²) in [6, 6.07) is 23.9. The number of ether oxygens (including phenoxy) is 1. The molecule has 0 spiro atoms. The van der Waals surface area contributed by atoms with Gasteiger partial charge in [-0.2, -0.15) is 5.10 Å². The topological polar surface area (TPSA) is 76.5 Å². The average molecular weight is 545 g/mol. The molecule has 1 fully saturated rings. The molecule has 0 bridgehead atoms. The van der Waals surface area contributed by atoms with E-state index in [1.807, 2.05) is 54.6 Å². The molecular formula is C26H17BrN4O3S. The number of hydrogen-bond donors (Lipinski definition) is 1. The van der Waals surface area contributed by atoms with Crippen molar-refractivity contribution in [2.45, 2.75) is 0 Å². The van der Waals surface area contributed by atoms with Gasteiger partial charge in [0, 0.05) is 16.2 Å². The fourth-order valence-electron chi connectivity index (χ4n) is 3.49. The van der Waals surface area contributed by atoms with Crippen molar-refractivity contribution in [2.75, 3.05) is 4.90 Å². The Morgan fingerprint density at radius 3 is 2.26 bits per heavy atom. The van der Waals surface area contributed by atoms with Gasteiger partial charge in [0.15, 0.2) is 5.11 Å². The van der Waals surface area contributed by atoms with E-state index >= 15 is 0 Å². The van der Waals surface area contributed by atoms with Crippen LogP contribution in [0.3, 0.4) is 0 Å². The molecule has 7 nitrogen and oxygen atoms in total. The molecule has 2 amide bonds. The Bertz CT molecular complexity index is 1450. The number of carbonyl (C=O) groups excluding carboxylic acids is 2. The van der Waals surface area contributed by atoms with Crippen LogP contribution in [-0.4, -0.2) is 26.7 Å². The monoisotopic (exact) mass is 544 g/mol. The Labute approximate surface area is 214 Å². The molecule has 3 aromatic carbocycles.